The molecule has 1 aliphatic carbocycles. The fraction of sp³-hybridized carbons (Fsp3) is 0.400. The van der Waals surface area contributed by atoms with Crippen molar-refractivity contribution in [3.05, 3.63) is 29.8 Å². The van der Waals surface area contributed by atoms with Crippen LogP contribution in [-0.4, -0.2) is 22.3 Å². The van der Waals surface area contributed by atoms with Crippen molar-refractivity contribution >= 4 is 40.8 Å². The maximum absolute atomic E-state index is 12.0. The first-order valence-corrected chi connectivity index (χ1v) is 7.35. The molecule has 1 fully saturated rings. The number of ether oxygens (including phenoxy) is 1. The lowest BCUT2D eigenvalue weighted by atomic mass is 10.1. The Labute approximate surface area is 138 Å². The van der Waals surface area contributed by atoms with Crippen LogP contribution in [-0.2, 0) is 14.3 Å². The highest BCUT2D eigenvalue weighted by Crippen LogP contribution is 2.64. The van der Waals surface area contributed by atoms with Crippen LogP contribution < -0.4 is 5.32 Å². The first kappa shape index (κ1) is 16.6. The number of benzene rings is 1. The van der Waals surface area contributed by atoms with Crippen LogP contribution in [0.1, 0.15) is 25.8 Å². The molecule has 0 bridgehead atoms. The Kier molecular flexibility index (Phi) is 4.37. The van der Waals surface area contributed by atoms with Crippen molar-refractivity contribution < 1.29 is 14.3 Å². The summed E-state index contributed by atoms with van der Waals surface area (Å²) in [7, 11) is 0. The SMILES string of the molecule is C[C@H](OC(=O)[C@]1(C)CC1(Cl)Cl)C(=O)Nc1cccc(C#N)c1. The molecule has 0 spiro atoms. The van der Waals surface area contributed by atoms with Crippen LogP contribution in [0.3, 0.4) is 0 Å². The van der Waals surface area contributed by atoms with E-state index in [0.29, 0.717) is 17.7 Å². The van der Waals surface area contributed by atoms with Gasteiger partial charge in [0.1, 0.15) is 9.75 Å². The summed E-state index contributed by atoms with van der Waals surface area (Å²) < 4.78 is 3.98. The van der Waals surface area contributed by atoms with Gasteiger partial charge in [-0.25, -0.2) is 0 Å². The molecular weight excluding hydrogens is 327 g/mol. The molecule has 0 aromatic heterocycles. The summed E-state index contributed by atoms with van der Waals surface area (Å²) in [5.41, 5.74) is -0.110. The number of anilines is 1. The van der Waals surface area contributed by atoms with Crippen LogP contribution in [0.2, 0.25) is 0 Å². The molecule has 0 radical (unpaired) electrons. The van der Waals surface area contributed by atoms with Crippen molar-refractivity contribution in [2.45, 2.75) is 30.7 Å². The average molecular weight is 341 g/mol. The second-order valence-electron chi connectivity index (χ2n) is 5.44. The Hall–Kier alpha value is -1.77. The van der Waals surface area contributed by atoms with Gasteiger partial charge < -0.3 is 10.1 Å². The van der Waals surface area contributed by atoms with Gasteiger partial charge in [-0.3, -0.25) is 9.59 Å². The molecular formula is C15H14Cl2N2O3. The monoisotopic (exact) mass is 340 g/mol. The van der Waals surface area contributed by atoms with Crippen molar-refractivity contribution in [2.75, 3.05) is 5.32 Å². The number of hydrogen-bond acceptors (Lipinski definition) is 4. The Morgan fingerprint density at radius 1 is 1.45 bits per heavy atom. The quantitative estimate of drug-likeness (QED) is 0.674. The number of nitrogens with one attached hydrogen (secondary N) is 1. The van der Waals surface area contributed by atoms with Gasteiger partial charge >= 0.3 is 5.97 Å². The number of hydrogen-bond donors (Lipinski definition) is 1. The van der Waals surface area contributed by atoms with E-state index in [9.17, 15) is 9.59 Å². The van der Waals surface area contributed by atoms with Crippen LogP contribution in [0.25, 0.3) is 0 Å². The van der Waals surface area contributed by atoms with E-state index in [1.165, 1.54) is 13.0 Å². The van der Waals surface area contributed by atoms with Crippen LogP contribution in [0.5, 0.6) is 0 Å². The first-order valence-electron chi connectivity index (χ1n) is 6.59. The normalized spacial score (nSPS) is 23.0. The van der Waals surface area contributed by atoms with Crippen molar-refractivity contribution in [1.29, 1.82) is 5.26 Å². The number of carbonyl (C=O) groups is 2. The van der Waals surface area contributed by atoms with Crippen molar-refractivity contribution in [3.8, 4) is 6.07 Å². The van der Waals surface area contributed by atoms with Gasteiger partial charge in [-0.05, 0) is 32.0 Å². The minimum Gasteiger partial charge on any atom is -0.452 e. The van der Waals surface area contributed by atoms with Crippen molar-refractivity contribution in [3.63, 3.8) is 0 Å². The van der Waals surface area contributed by atoms with Crippen LogP contribution >= 0.6 is 23.2 Å². The number of esters is 1. The van der Waals surface area contributed by atoms with Gasteiger partial charge in [0.15, 0.2) is 6.10 Å². The Morgan fingerprint density at radius 2 is 2.09 bits per heavy atom. The third kappa shape index (κ3) is 3.18. The minimum absolute atomic E-state index is 0.292. The highest BCUT2D eigenvalue weighted by molar-refractivity contribution is 6.53. The van der Waals surface area contributed by atoms with Crippen molar-refractivity contribution in [1.82, 2.24) is 0 Å². The van der Waals surface area contributed by atoms with Crippen LogP contribution in [0.15, 0.2) is 24.3 Å². The largest absolute Gasteiger partial charge is 0.452 e. The van der Waals surface area contributed by atoms with E-state index in [1.807, 2.05) is 6.07 Å². The zero-order chi connectivity index (χ0) is 16.5. The van der Waals surface area contributed by atoms with Gasteiger partial charge in [0.2, 0.25) is 0 Å². The van der Waals surface area contributed by atoms with E-state index in [0.717, 1.165) is 0 Å². The second kappa shape index (κ2) is 5.79. The maximum atomic E-state index is 12.0. The number of rotatable bonds is 4. The molecule has 0 unspecified atom stereocenters. The number of nitrogens with zero attached hydrogens (tertiary/aromatic N) is 1. The van der Waals surface area contributed by atoms with E-state index in [4.69, 9.17) is 33.2 Å². The molecule has 1 N–H and O–H groups in total. The zero-order valence-corrected chi connectivity index (χ0v) is 13.5. The fourth-order valence-corrected chi connectivity index (χ4v) is 2.56. The molecule has 0 heterocycles. The number of halogens is 2. The fourth-order valence-electron chi connectivity index (χ4n) is 1.88. The molecule has 0 aliphatic heterocycles. The van der Waals surface area contributed by atoms with Gasteiger partial charge in [-0.2, -0.15) is 5.26 Å². The van der Waals surface area contributed by atoms with E-state index < -0.39 is 27.7 Å². The van der Waals surface area contributed by atoms with Gasteiger partial charge in [-0.1, -0.05) is 6.07 Å². The molecule has 1 amide bonds. The summed E-state index contributed by atoms with van der Waals surface area (Å²) in [5.74, 6) is -1.10. The highest BCUT2D eigenvalue weighted by atomic mass is 35.5. The molecule has 1 saturated carbocycles. The molecule has 7 heteroatoms. The summed E-state index contributed by atoms with van der Waals surface area (Å²) >= 11 is 11.8. The lowest BCUT2D eigenvalue weighted by Gasteiger charge is -2.17. The molecule has 22 heavy (non-hydrogen) atoms. The third-order valence-corrected chi connectivity index (χ3v) is 4.72. The van der Waals surface area contributed by atoms with E-state index in [-0.39, 0.29) is 0 Å². The third-order valence-electron chi connectivity index (χ3n) is 3.62. The van der Waals surface area contributed by atoms with Crippen LogP contribution in [0, 0.1) is 16.7 Å². The predicted octanol–water partition coefficient (Wildman–Crippen LogP) is 3.01. The lowest BCUT2D eigenvalue weighted by Crippen LogP contribution is -2.33. The summed E-state index contributed by atoms with van der Waals surface area (Å²) in [6, 6.07) is 8.40. The predicted molar refractivity (Wildman–Crippen MR) is 82.5 cm³/mol. The van der Waals surface area contributed by atoms with Gasteiger partial charge in [0, 0.05) is 12.1 Å². The average Bonchev–Trinajstić information content (AvgIpc) is 2.99. The molecule has 1 aromatic rings. The summed E-state index contributed by atoms with van der Waals surface area (Å²) in [6.07, 6.45) is -0.708. The number of carbonyl (C=O) groups excluding carboxylic acids is 2. The smallest absolute Gasteiger partial charge is 0.315 e. The van der Waals surface area contributed by atoms with Gasteiger partial charge in [0.25, 0.3) is 5.91 Å². The number of amides is 1. The molecule has 0 saturated heterocycles. The molecule has 1 aliphatic rings. The number of alkyl halides is 2. The maximum Gasteiger partial charge on any atom is 0.315 e. The Balaban J connectivity index is 1.95. The van der Waals surface area contributed by atoms with E-state index >= 15 is 0 Å². The second-order valence-corrected chi connectivity index (χ2v) is 6.93. The molecule has 5 nitrogen and oxygen atoms in total. The Bertz CT molecular complexity index is 669. The molecule has 1 aromatic carbocycles. The summed E-state index contributed by atoms with van der Waals surface area (Å²) in [5, 5.41) is 11.4. The first-order chi connectivity index (χ1) is 10.2. The number of nitriles is 1. The topological polar surface area (TPSA) is 79.2 Å². The standard InChI is InChI=1S/C15H14Cl2N2O3/c1-9(22-13(21)14(2)8-15(14,16)17)12(20)19-11-5-3-4-10(6-11)7-18/h3-6,9H,8H2,1-2H3,(H,19,20)/t9-,14-/m0/s1. The molecule has 2 rings (SSSR count). The molecule has 2 atom stereocenters. The van der Waals surface area contributed by atoms with Gasteiger partial charge in [0.05, 0.1) is 11.6 Å². The van der Waals surface area contributed by atoms with Crippen molar-refractivity contribution in [2.24, 2.45) is 5.41 Å². The van der Waals surface area contributed by atoms with E-state index in [1.54, 1.807) is 25.1 Å². The zero-order valence-electron chi connectivity index (χ0n) is 12.0. The summed E-state index contributed by atoms with van der Waals surface area (Å²) in [4.78, 5) is 24.0. The summed E-state index contributed by atoms with van der Waals surface area (Å²) in [6.45, 7) is 3.05. The molecule has 116 valence electrons. The Morgan fingerprint density at radius 3 is 2.64 bits per heavy atom. The highest BCUT2D eigenvalue weighted by Gasteiger charge is 2.69. The van der Waals surface area contributed by atoms with Crippen LogP contribution in [0.4, 0.5) is 5.69 Å². The van der Waals surface area contributed by atoms with E-state index in [2.05, 4.69) is 5.32 Å². The minimum atomic E-state index is -1.14. The lowest BCUT2D eigenvalue weighted by molar-refractivity contribution is -0.158. The van der Waals surface area contributed by atoms with Gasteiger partial charge in [-0.15, -0.1) is 23.2 Å².